The molecule has 0 unspecified atom stereocenters. The fourth-order valence-electron chi connectivity index (χ4n) is 2.12. The number of rotatable bonds is 2. The van der Waals surface area contributed by atoms with Gasteiger partial charge in [0.15, 0.2) is 11.6 Å². The van der Waals surface area contributed by atoms with Crippen LogP contribution in [0.2, 0.25) is 0 Å². The Morgan fingerprint density at radius 3 is 2.05 bits per heavy atom. The lowest BCUT2D eigenvalue weighted by molar-refractivity contribution is 0.509. The van der Waals surface area contributed by atoms with Crippen molar-refractivity contribution in [3.8, 4) is 22.3 Å². The molecule has 3 aromatic rings. The molecule has 0 saturated carbocycles. The van der Waals surface area contributed by atoms with Gasteiger partial charge in [0.1, 0.15) is 5.82 Å². The molecule has 0 amide bonds. The summed E-state index contributed by atoms with van der Waals surface area (Å²) in [5.74, 6) is -2.44. The zero-order valence-electron chi connectivity index (χ0n) is 10.8. The maximum absolute atomic E-state index is 14.2. The second kappa shape index (κ2) is 5.34. The molecule has 0 radical (unpaired) electrons. The van der Waals surface area contributed by atoms with Crippen LogP contribution in [0.1, 0.15) is 0 Å². The third-order valence-corrected chi connectivity index (χ3v) is 3.19. The first kappa shape index (κ1) is 13.3. The lowest BCUT2D eigenvalue weighted by Gasteiger charge is -2.07. The molecule has 0 bridgehead atoms. The lowest BCUT2D eigenvalue weighted by Crippen LogP contribution is -1.89. The van der Waals surface area contributed by atoms with Gasteiger partial charge in [0.2, 0.25) is 0 Å². The summed E-state index contributed by atoms with van der Waals surface area (Å²) in [6.45, 7) is 0. The third kappa shape index (κ3) is 2.61. The van der Waals surface area contributed by atoms with E-state index in [0.717, 1.165) is 17.7 Å². The molecule has 0 aliphatic heterocycles. The zero-order valence-corrected chi connectivity index (χ0v) is 10.8. The highest BCUT2D eigenvalue weighted by Crippen LogP contribution is 2.28. The standard InChI is InChI=1S/C18H9F3/c19-16-9-7-14(11-18(16)21)15-8-6-13(10-17(15)20)12-4-2-1-3-5-12/h2,4-11H. The van der Waals surface area contributed by atoms with E-state index in [-0.39, 0.29) is 5.56 Å². The first-order valence-corrected chi connectivity index (χ1v) is 6.28. The van der Waals surface area contributed by atoms with Crippen molar-refractivity contribution in [3.05, 3.63) is 84.2 Å². The summed E-state index contributed by atoms with van der Waals surface area (Å²) in [6.07, 6.45) is 0. The first-order valence-electron chi connectivity index (χ1n) is 6.28. The van der Waals surface area contributed by atoms with E-state index >= 15 is 0 Å². The maximum Gasteiger partial charge on any atom is 0.159 e. The Morgan fingerprint density at radius 1 is 0.619 bits per heavy atom. The van der Waals surface area contributed by atoms with E-state index < -0.39 is 17.5 Å². The van der Waals surface area contributed by atoms with Gasteiger partial charge in [-0.25, -0.2) is 13.2 Å². The molecular formula is C18H9F3. The van der Waals surface area contributed by atoms with Crippen LogP contribution in [0.25, 0.3) is 22.3 Å². The molecule has 3 aromatic carbocycles. The molecule has 0 heterocycles. The van der Waals surface area contributed by atoms with E-state index in [2.05, 4.69) is 12.1 Å². The average Bonchev–Trinajstić information content (AvgIpc) is 2.51. The number of hydrogen-bond donors (Lipinski definition) is 0. The van der Waals surface area contributed by atoms with Crippen molar-refractivity contribution in [1.82, 2.24) is 0 Å². The maximum atomic E-state index is 14.2. The molecule has 0 spiro atoms. The highest BCUT2D eigenvalue weighted by molar-refractivity contribution is 5.70. The van der Waals surface area contributed by atoms with Gasteiger partial charge in [-0.1, -0.05) is 30.3 Å². The molecule has 0 N–H and O–H groups in total. The second-order valence-electron chi connectivity index (χ2n) is 4.55. The van der Waals surface area contributed by atoms with Crippen LogP contribution >= 0.6 is 0 Å². The van der Waals surface area contributed by atoms with Crippen LogP contribution in [0, 0.1) is 29.6 Å². The predicted molar refractivity (Wildman–Crippen MR) is 74.9 cm³/mol. The molecule has 0 fully saturated rings. The Labute approximate surface area is 120 Å². The Balaban J connectivity index is 2.04. The van der Waals surface area contributed by atoms with Crippen molar-refractivity contribution in [2.24, 2.45) is 0 Å². The van der Waals surface area contributed by atoms with Crippen molar-refractivity contribution < 1.29 is 13.2 Å². The molecule has 102 valence electrons. The summed E-state index contributed by atoms with van der Waals surface area (Å²) in [6, 6.07) is 18.7. The average molecular weight is 282 g/mol. The Bertz CT molecular complexity index is 780. The van der Waals surface area contributed by atoms with Gasteiger partial charge in [0, 0.05) is 5.56 Å². The smallest absolute Gasteiger partial charge is 0.159 e. The van der Waals surface area contributed by atoms with Gasteiger partial charge in [-0.15, -0.1) is 0 Å². The molecular weight excluding hydrogens is 273 g/mol. The molecule has 0 atom stereocenters. The normalized spacial score (nSPS) is 10.2. The number of halogens is 3. The number of hydrogen-bond acceptors (Lipinski definition) is 0. The second-order valence-corrected chi connectivity index (χ2v) is 4.55. The van der Waals surface area contributed by atoms with Crippen molar-refractivity contribution in [3.63, 3.8) is 0 Å². The van der Waals surface area contributed by atoms with Crippen molar-refractivity contribution in [1.29, 1.82) is 0 Å². The fraction of sp³-hybridized carbons (Fsp3) is 0. The largest absolute Gasteiger partial charge is 0.206 e. The Hall–Kier alpha value is -2.73. The SMILES string of the molecule is Fc1ccc(-c2ccc(-c3cc#ccc3)cc2F)cc1F. The molecule has 0 aliphatic carbocycles. The van der Waals surface area contributed by atoms with Crippen molar-refractivity contribution >= 4 is 0 Å². The van der Waals surface area contributed by atoms with Crippen LogP contribution in [0.4, 0.5) is 13.2 Å². The van der Waals surface area contributed by atoms with Gasteiger partial charge < -0.3 is 0 Å². The molecule has 0 aromatic heterocycles. The monoisotopic (exact) mass is 282 g/mol. The van der Waals surface area contributed by atoms with E-state index in [1.165, 1.54) is 12.1 Å². The van der Waals surface area contributed by atoms with Crippen LogP contribution in [0.15, 0.2) is 54.6 Å². The van der Waals surface area contributed by atoms with Gasteiger partial charge in [0.05, 0.1) is 0 Å². The topological polar surface area (TPSA) is 0 Å². The Kier molecular flexibility index (Phi) is 3.37. The van der Waals surface area contributed by atoms with Crippen LogP contribution in [0.3, 0.4) is 0 Å². The van der Waals surface area contributed by atoms with Gasteiger partial charge in [-0.05, 0) is 53.1 Å². The summed E-state index contributed by atoms with van der Waals surface area (Å²) in [4.78, 5) is 0. The molecule has 0 aliphatic rings. The minimum Gasteiger partial charge on any atom is -0.206 e. The summed E-state index contributed by atoms with van der Waals surface area (Å²) < 4.78 is 40.4. The summed E-state index contributed by atoms with van der Waals surface area (Å²) in [5.41, 5.74) is 2.02. The van der Waals surface area contributed by atoms with Crippen molar-refractivity contribution in [2.45, 2.75) is 0 Å². The van der Waals surface area contributed by atoms with E-state index in [0.29, 0.717) is 11.1 Å². The van der Waals surface area contributed by atoms with Crippen LogP contribution in [-0.2, 0) is 0 Å². The molecule has 0 nitrogen and oxygen atoms in total. The minimum atomic E-state index is -0.996. The van der Waals surface area contributed by atoms with E-state index in [4.69, 9.17) is 0 Å². The summed E-state index contributed by atoms with van der Waals surface area (Å²) >= 11 is 0. The van der Waals surface area contributed by atoms with Crippen molar-refractivity contribution in [2.75, 3.05) is 0 Å². The van der Waals surface area contributed by atoms with Crippen LogP contribution < -0.4 is 0 Å². The molecule has 21 heavy (non-hydrogen) atoms. The zero-order chi connectivity index (χ0) is 14.8. The summed E-state index contributed by atoms with van der Waals surface area (Å²) in [5, 5.41) is 0. The first-order chi connectivity index (χ1) is 10.1. The predicted octanol–water partition coefficient (Wildman–Crippen LogP) is 5.04. The Morgan fingerprint density at radius 2 is 1.38 bits per heavy atom. The van der Waals surface area contributed by atoms with Gasteiger partial charge >= 0.3 is 0 Å². The highest BCUT2D eigenvalue weighted by Gasteiger charge is 2.10. The minimum absolute atomic E-state index is 0.226. The molecule has 0 saturated heterocycles. The summed E-state index contributed by atoms with van der Waals surface area (Å²) in [7, 11) is 0. The lowest BCUT2D eigenvalue weighted by atomic mass is 10.00. The van der Waals surface area contributed by atoms with Gasteiger partial charge in [-0.2, -0.15) is 0 Å². The van der Waals surface area contributed by atoms with Crippen LogP contribution in [-0.4, -0.2) is 0 Å². The number of benzene rings is 2. The third-order valence-electron chi connectivity index (χ3n) is 3.19. The quantitative estimate of drug-likeness (QED) is 0.618. The van der Waals surface area contributed by atoms with Gasteiger partial charge in [-0.3, -0.25) is 0 Å². The molecule has 3 rings (SSSR count). The molecule has 3 heteroatoms. The van der Waals surface area contributed by atoms with E-state index in [1.54, 1.807) is 30.3 Å². The highest BCUT2D eigenvalue weighted by atomic mass is 19.2. The van der Waals surface area contributed by atoms with E-state index in [9.17, 15) is 13.2 Å². The van der Waals surface area contributed by atoms with Crippen LogP contribution in [0.5, 0.6) is 0 Å². The van der Waals surface area contributed by atoms with Gasteiger partial charge in [0.25, 0.3) is 0 Å². The fourth-order valence-corrected chi connectivity index (χ4v) is 2.12. The van der Waals surface area contributed by atoms with E-state index in [1.807, 2.05) is 0 Å².